The first-order valence-electron chi connectivity index (χ1n) is 10.4. The Labute approximate surface area is 182 Å². The highest BCUT2D eigenvalue weighted by molar-refractivity contribution is 6.68. The normalized spacial score (nSPS) is 14.7. The maximum Gasteiger partial charge on any atom is 0.237 e. The lowest BCUT2D eigenvalue weighted by Gasteiger charge is -2.46. The summed E-state index contributed by atoms with van der Waals surface area (Å²) in [6, 6.07) is -0.709. The molecule has 14 heteroatoms. The second kappa shape index (κ2) is 9.61. The molecule has 0 bridgehead atoms. The highest BCUT2D eigenvalue weighted by Gasteiger charge is 2.49. The Hall–Kier alpha value is -1.40. The number of carbonyl (C=O) groups excluding carboxylic acids is 2. The van der Waals surface area contributed by atoms with Gasteiger partial charge in [-0.1, -0.05) is 22.9 Å². The van der Waals surface area contributed by atoms with Crippen LogP contribution in [0.2, 0.25) is 0 Å². The summed E-state index contributed by atoms with van der Waals surface area (Å²) in [5, 5.41) is 2.15. The third kappa shape index (κ3) is 4.85. The van der Waals surface area contributed by atoms with Gasteiger partial charge in [-0.2, -0.15) is 0 Å². The predicted molar refractivity (Wildman–Crippen MR) is 146 cm³/mol. The molecule has 0 aliphatic carbocycles. The minimum absolute atomic E-state index is 0.368. The fourth-order valence-corrected chi connectivity index (χ4v) is 4.19. The van der Waals surface area contributed by atoms with Gasteiger partial charge >= 0.3 is 0 Å². The van der Waals surface area contributed by atoms with Gasteiger partial charge in [-0.25, -0.2) is 0 Å². The van der Waals surface area contributed by atoms with Crippen molar-refractivity contribution in [3.8, 4) is 0 Å². The molecular weight excluding hydrogens is 355 g/mol. The van der Waals surface area contributed by atoms with E-state index in [1.807, 2.05) is 15.7 Å². The topological polar surface area (TPSA) is 124 Å². The zero-order valence-corrected chi connectivity index (χ0v) is 19.5. The lowest BCUT2D eigenvalue weighted by Crippen LogP contribution is -2.74. The van der Waals surface area contributed by atoms with Gasteiger partial charge < -0.3 is 22.5 Å². The van der Waals surface area contributed by atoms with E-state index in [0.29, 0.717) is 13.0 Å². The Balaban J connectivity index is 3.44. The summed E-state index contributed by atoms with van der Waals surface area (Å²) in [5.41, 5.74) is 23.0. The van der Waals surface area contributed by atoms with E-state index in [1.54, 1.807) is 7.85 Å². The van der Waals surface area contributed by atoms with E-state index < -0.39 is 22.6 Å². The Bertz CT molecular complexity index is 778. The van der Waals surface area contributed by atoms with Crippen molar-refractivity contribution in [1.29, 1.82) is 0 Å². The quantitative estimate of drug-likeness (QED) is 0.248. The summed E-state index contributed by atoms with van der Waals surface area (Å²) in [5.74, 6) is -0.952. The molecule has 0 fully saturated rings. The first-order valence-corrected chi connectivity index (χ1v) is 10.4. The van der Waals surface area contributed by atoms with Crippen LogP contribution in [0, 0.1) is 0 Å². The second-order valence-corrected chi connectivity index (χ2v) is 8.99. The maximum absolute atomic E-state index is 12.8. The average Bonchev–Trinajstić information content (AvgIpc) is 2.64. The third-order valence-corrected chi connectivity index (χ3v) is 7.05. The van der Waals surface area contributed by atoms with E-state index in [-0.39, 0.29) is 5.91 Å². The largest absolute Gasteiger partial charge is 0.368 e. The predicted octanol–water partition coefficient (Wildman–Crippen LogP) is -12.2. The maximum atomic E-state index is 12.8. The van der Waals surface area contributed by atoms with Crippen molar-refractivity contribution in [1.82, 2.24) is 5.32 Å². The molecule has 29 heavy (non-hydrogen) atoms. The number of nitrogens with two attached hydrogens (primary N) is 3. The molecule has 1 rings (SSSR count). The number of unbranched alkanes of at least 4 members (excludes halogenated alkanes) is 1. The molecule has 6 nitrogen and oxygen atoms in total. The number of amides is 2. The van der Waals surface area contributed by atoms with Crippen molar-refractivity contribution in [3.63, 3.8) is 0 Å². The molecule has 7 N–H and O–H groups in total. The van der Waals surface area contributed by atoms with Gasteiger partial charge in [-0.05, 0) is 24.6 Å². The smallest absolute Gasteiger partial charge is 0.237 e. The number of nitrogens with one attached hydrogen (secondary N) is 1. The zero-order chi connectivity index (χ0) is 22.7. The second-order valence-electron chi connectivity index (χ2n) is 8.99. The molecule has 0 aliphatic rings. The van der Waals surface area contributed by atoms with Crippen LogP contribution >= 0.6 is 0 Å². The van der Waals surface area contributed by atoms with Gasteiger partial charge in [-0.3, -0.25) is 9.59 Å². The summed E-state index contributed by atoms with van der Waals surface area (Å²) in [7, 11) is 16.0. The van der Waals surface area contributed by atoms with Crippen LogP contribution in [0.3, 0.4) is 0 Å². The summed E-state index contributed by atoms with van der Waals surface area (Å²) < 4.78 is 0. The molecule has 0 radical (unpaired) electrons. The standard InChI is InChI=1S/C15H32B8N4O2/c16-7-6(8(17)10(19)11(20)9(7)18)14(21,22)15(23,13(26)29)27-12(28)5(25)3-1-2-4-24/h5H,1-4,16-25H2,(H2,26,29)(H,27,28)/t5-,15+/m0/s1. The van der Waals surface area contributed by atoms with Gasteiger partial charge in [-0.15, -0.1) is 16.4 Å². The Morgan fingerprint density at radius 2 is 1.34 bits per heavy atom. The van der Waals surface area contributed by atoms with Crippen molar-refractivity contribution < 1.29 is 9.59 Å². The summed E-state index contributed by atoms with van der Waals surface area (Å²) in [4.78, 5) is 25.5. The Kier molecular flexibility index (Phi) is 8.49. The van der Waals surface area contributed by atoms with Gasteiger partial charge in [0.15, 0.2) is 0 Å². The van der Waals surface area contributed by atoms with E-state index in [9.17, 15) is 9.59 Å². The molecule has 2 amide bonds. The Morgan fingerprint density at radius 3 is 1.76 bits per heavy atom. The summed E-state index contributed by atoms with van der Waals surface area (Å²) >= 11 is 0. The van der Waals surface area contributed by atoms with E-state index in [0.717, 1.165) is 29.3 Å². The number of rotatable bonds is 9. The van der Waals surface area contributed by atoms with Crippen LogP contribution in [0.25, 0.3) is 0 Å². The SMILES string of the molecule is Bc1c(B)c(B)c(C(B)(B)[C@](B)(NC(=O)[C@@H](N)CCCCN)C(N)=O)c(B)c1B. The van der Waals surface area contributed by atoms with Crippen LogP contribution in [0.15, 0.2) is 0 Å². The molecule has 0 saturated heterocycles. The molecule has 0 aromatic heterocycles. The zero-order valence-electron chi connectivity index (χ0n) is 19.5. The minimum Gasteiger partial charge on any atom is -0.368 e. The van der Waals surface area contributed by atoms with E-state index >= 15 is 0 Å². The van der Waals surface area contributed by atoms with Crippen LogP contribution in [-0.2, 0) is 14.8 Å². The van der Waals surface area contributed by atoms with Gasteiger partial charge in [0.25, 0.3) is 0 Å². The van der Waals surface area contributed by atoms with Gasteiger partial charge in [0, 0.05) is 0 Å². The number of hydrogen-bond donors (Lipinski definition) is 4. The van der Waals surface area contributed by atoms with Crippen LogP contribution in [0.1, 0.15) is 24.8 Å². The molecular formula is C15H32B8N4O2. The van der Waals surface area contributed by atoms with Crippen LogP contribution in [0.5, 0.6) is 0 Å². The summed E-state index contributed by atoms with van der Waals surface area (Å²) in [6.45, 7) is 0.561. The van der Waals surface area contributed by atoms with Crippen LogP contribution in [0.4, 0.5) is 0 Å². The molecule has 0 heterocycles. The van der Waals surface area contributed by atoms with Gasteiger partial charge in [0.05, 0.1) is 11.5 Å². The molecule has 148 valence electrons. The first-order chi connectivity index (χ1) is 13.2. The highest BCUT2D eigenvalue weighted by Crippen LogP contribution is 2.25. The van der Waals surface area contributed by atoms with E-state index in [2.05, 4.69) is 44.5 Å². The number of hydrogen-bond acceptors (Lipinski definition) is 4. The molecule has 0 aliphatic heterocycles. The third-order valence-electron chi connectivity index (χ3n) is 7.05. The fraction of sp³-hybridized carbons (Fsp3) is 0.467. The minimum atomic E-state index is -1.31. The molecule has 0 saturated carbocycles. The lowest BCUT2D eigenvalue weighted by atomic mass is 9.34. The molecule has 1 aromatic carbocycles. The Morgan fingerprint density at radius 1 is 0.897 bits per heavy atom. The van der Waals surface area contributed by atoms with E-state index in [4.69, 9.17) is 17.2 Å². The fourth-order valence-electron chi connectivity index (χ4n) is 4.19. The van der Waals surface area contributed by atoms with Crippen molar-refractivity contribution in [2.75, 3.05) is 6.54 Å². The lowest BCUT2D eigenvalue weighted by molar-refractivity contribution is -0.130. The molecule has 1 aromatic rings. The molecule has 2 atom stereocenters. The van der Waals surface area contributed by atoms with Crippen molar-refractivity contribution >= 4 is 102 Å². The first kappa shape index (κ1) is 25.6. The molecule has 0 spiro atoms. The van der Waals surface area contributed by atoms with Gasteiger partial charge in [0.1, 0.15) is 62.8 Å². The van der Waals surface area contributed by atoms with Crippen molar-refractivity contribution in [3.05, 3.63) is 5.56 Å². The summed E-state index contributed by atoms with van der Waals surface area (Å²) in [6.07, 6.45) is 2.08. The average molecular weight is 387 g/mol. The number of carbonyl (C=O) groups is 2. The van der Waals surface area contributed by atoms with Gasteiger partial charge in [0.2, 0.25) is 11.8 Å². The van der Waals surface area contributed by atoms with Crippen LogP contribution in [-0.4, -0.2) is 92.6 Å². The van der Waals surface area contributed by atoms with E-state index in [1.165, 1.54) is 16.4 Å². The number of benzene rings is 1. The highest BCUT2D eigenvalue weighted by atomic mass is 16.2. The number of primary amides is 1. The van der Waals surface area contributed by atoms with Crippen molar-refractivity contribution in [2.24, 2.45) is 17.2 Å². The van der Waals surface area contributed by atoms with Crippen LogP contribution < -0.4 is 49.8 Å². The van der Waals surface area contributed by atoms with Crippen molar-refractivity contribution in [2.45, 2.75) is 36.0 Å². The monoisotopic (exact) mass is 388 g/mol. The molecule has 0 unspecified atom stereocenters.